The van der Waals surface area contributed by atoms with E-state index in [1.807, 2.05) is 37.3 Å². The van der Waals surface area contributed by atoms with Gasteiger partial charge in [0.1, 0.15) is 11.6 Å². The normalized spacial score (nSPS) is 12.1. The number of hydrogen-bond acceptors (Lipinski definition) is 4. The van der Waals surface area contributed by atoms with Gasteiger partial charge in [-0.3, -0.25) is 9.78 Å². The third-order valence-corrected chi connectivity index (χ3v) is 5.93. The highest BCUT2D eigenvalue weighted by atomic mass is 16.5. The van der Waals surface area contributed by atoms with Crippen LogP contribution < -0.4 is 10.1 Å². The molecule has 6 heteroatoms. The lowest BCUT2D eigenvalue weighted by Gasteiger charge is -2.16. The highest BCUT2D eigenvalue weighted by molar-refractivity contribution is 5.94. The predicted octanol–water partition coefficient (Wildman–Crippen LogP) is 5.90. The topological polar surface area (TPSA) is 69.0 Å². The molecule has 0 aliphatic carbocycles. The minimum Gasteiger partial charge on any atom is -0.494 e. The molecule has 0 saturated carbocycles. The van der Waals surface area contributed by atoms with Crippen molar-refractivity contribution in [2.45, 2.75) is 52.1 Å². The van der Waals surface area contributed by atoms with Gasteiger partial charge in [0.2, 0.25) is 0 Å². The van der Waals surface area contributed by atoms with Gasteiger partial charge in [-0.1, -0.05) is 38.1 Å². The third kappa shape index (κ3) is 5.63. The maximum Gasteiger partial charge on any atom is 0.253 e. The van der Waals surface area contributed by atoms with Crippen LogP contribution in [0.5, 0.6) is 5.75 Å². The number of aromatic nitrogens is 3. The van der Waals surface area contributed by atoms with Gasteiger partial charge in [-0.2, -0.15) is 0 Å². The number of para-hydroxylation sites is 2. The number of carbonyl (C=O) groups excluding carboxylic acids is 1. The van der Waals surface area contributed by atoms with Crippen LogP contribution in [0, 0.1) is 0 Å². The number of amides is 1. The maximum absolute atomic E-state index is 12.6. The molecule has 2 heterocycles. The van der Waals surface area contributed by atoms with Crippen LogP contribution in [0.15, 0.2) is 73.1 Å². The zero-order valence-electron chi connectivity index (χ0n) is 20.1. The number of unbranched alkanes of at least 4 members (excludes halogenated alkanes) is 1. The van der Waals surface area contributed by atoms with E-state index in [1.54, 1.807) is 24.5 Å². The Labute approximate surface area is 201 Å². The van der Waals surface area contributed by atoms with Crippen LogP contribution in [0.3, 0.4) is 0 Å². The van der Waals surface area contributed by atoms with E-state index in [9.17, 15) is 4.79 Å². The van der Waals surface area contributed by atoms with Crippen LogP contribution in [0.4, 0.5) is 0 Å². The first-order valence-corrected chi connectivity index (χ1v) is 11.9. The van der Waals surface area contributed by atoms with Crippen molar-refractivity contribution in [1.82, 2.24) is 19.9 Å². The molecule has 0 aliphatic rings. The molecule has 0 saturated heterocycles. The van der Waals surface area contributed by atoms with E-state index in [4.69, 9.17) is 9.72 Å². The smallest absolute Gasteiger partial charge is 0.253 e. The molecule has 0 bridgehead atoms. The quantitative estimate of drug-likeness (QED) is 0.301. The standard InChI is InChI=1S/C28H32N4O2/c1-20(2)22-12-14-24(15-13-22)34-18-7-6-17-32-26-11-5-4-10-25(26)31-27(32)21(3)30-28(33)23-9-8-16-29-19-23/h4-5,8-16,19-21H,6-7,17-18H2,1-3H3,(H,30,33). The summed E-state index contributed by atoms with van der Waals surface area (Å²) in [5, 5.41) is 3.06. The van der Waals surface area contributed by atoms with E-state index >= 15 is 0 Å². The van der Waals surface area contributed by atoms with Crippen molar-refractivity contribution in [3.05, 3.63) is 90.0 Å². The van der Waals surface area contributed by atoms with Crippen LogP contribution in [-0.4, -0.2) is 27.0 Å². The van der Waals surface area contributed by atoms with Gasteiger partial charge in [0.05, 0.1) is 29.2 Å². The van der Waals surface area contributed by atoms with Gasteiger partial charge in [-0.15, -0.1) is 0 Å². The van der Waals surface area contributed by atoms with Gasteiger partial charge in [-0.05, 0) is 67.6 Å². The minimum absolute atomic E-state index is 0.156. The first kappa shape index (κ1) is 23.5. The van der Waals surface area contributed by atoms with E-state index in [1.165, 1.54) is 5.56 Å². The molecule has 2 aromatic heterocycles. The Balaban J connectivity index is 1.38. The summed E-state index contributed by atoms with van der Waals surface area (Å²) in [4.78, 5) is 21.5. The molecular formula is C28H32N4O2. The molecule has 0 spiro atoms. The monoisotopic (exact) mass is 456 g/mol. The first-order valence-electron chi connectivity index (χ1n) is 11.9. The number of ether oxygens (including phenoxy) is 1. The average molecular weight is 457 g/mol. The predicted molar refractivity (Wildman–Crippen MR) is 135 cm³/mol. The summed E-state index contributed by atoms with van der Waals surface area (Å²) in [5.41, 5.74) is 3.86. The molecule has 1 N–H and O–H groups in total. The number of benzene rings is 2. The number of imidazole rings is 1. The van der Waals surface area contributed by atoms with Crippen molar-refractivity contribution in [1.29, 1.82) is 0 Å². The highest BCUT2D eigenvalue weighted by Crippen LogP contribution is 2.22. The summed E-state index contributed by atoms with van der Waals surface area (Å²) in [6.45, 7) is 7.81. The largest absolute Gasteiger partial charge is 0.494 e. The lowest BCUT2D eigenvalue weighted by molar-refractivity contribution is 0.0937. The molecule has 6 nitrogen and oxygen atoms in total. The minimum atomic E-state index is -0.240. The molecule has 34 heavy (non-hydrogen) atoms. The van der Waals surface area contributed by atoms with Crippen molar-refractivity contribution >= 4 is 16.9 Å². The van der Waals surface area contributed by atoms with Gasteiger partial charge in [-0.25, -0.2) is 4.98 Å². The molecule has 4 aromatic rings. The zero-order chi connectivity index (χ0) is 23.9. The van der Waals surface area contributed by atoms with Crippen LogP contribution in [0.25, 0.3) is 11.0 Å². The number of pyridine rings is 1. The summed E-state index contributed by atoms with van der Waals surface area (Å²) in [5.74, 6) is 2.12. The van der Waals surface area contributed by atoms with Crippen LogP contribution in [0.2, 0.25) is 0 Å². The summed E-state index contributed by atoms with van der Waals surface area (Å²) < 4.78 is 8.15. The second-order valence-electron chi connectivity index (χ2n) is 8.83. The average Bonchev–Trinajstić information content (AvgIpc) is 3.23. The molecule has 0 fully saturated rings. The number of carbonyl (C=O) groups is 1. The fourth-order valence-corrected chi connectivity index (χ4v) is 4.01. The van der Waals surface area contributed by atoms with Gasteiger partial charge < -0.3 is 14.6 Å². The Morgan fingerprint density at radius 3 is 2.53 bits per heavy atom. The first-order chi connectivity index (χ1) is 16.5. The van der Waals surface area contributed by atoms with Gasteiger partial charge in [0.15, 0.2) is 0 Å². The molecule has 2 aromatic carbocycles. The molecule has 4 rings (SSSR count). The molecule has 0 radical (unpaired) electrons. The third-order valence-electron chi connectivity index (χ3n) is 5.93. The fraction of sp³-hybridized carbons (Fsp3) is 0.321. The number of fused-ring (bicyclic) bond motifs is 1. The second-order valence-corrected chi connectivity index (χ2v) is 8.83. The van der Waals surface area contributed by atoms with E-state index in [-0.39, 0.29) is 11.9 Å². The van der Waals surface area contributed by atoms with Crippen LogP contribution in [0.1, 0.15) is 67.3 Å². The Morgan fingerprint density at radius 2 is 1.79 bits per heavy atom. The number of aryl methyl sites for hydroxylation is 1. The number of nitrogens with one attached hydrogen (secondary N) is 1. The molecule has 1 unspecified atom stereocenters. The second kappa shape index (κ2) is 11.0. The summed E-state index contributed by atoms with van der Waals surface area (Å²) in [6.07, 6.45) is 5.10. The van der Waals surface area contributed by atoms with Gasteiger partial charge in [0.25, 0.3) is 5.91 Å². The highest BCUT2D eigenvalue weighted by Gasteiger charge is 2.19. The Bertz CT molecular complexity index is 1220. The zero-order valence-corrected chi connectivity index (χ0v) is 20.1. The maximum atomic E-state index is 12.6. The van der Waals surface area contributed by atoms with Crippen molar-refractivity contribution < 1.29 is 9.53 Å². The van der Waals surface area contributed by atoms with Crippen molar-refractivity contribution in [2.24, 2.45) is 0 Å². The lowest BCUT2D eigenvalue weighted by Crippen LogP contribution is -2.28. The molecule has 0 aliphatic heterocycles. The summed E-state index contributed by atoms with van der Waals surface area (Å²) >= 11 is 0. The van der Waals surface area contributed by atoms with E-state index in [0.717, 1.165) is 42.0 Å². The molecule has 1 atom stereocenters. The summed E-state index contributed by atoms with van der Waals surface area (Å²) in [6, 6.07) is 19.7. The van der Waals surface area contributed by atoms with Crippen molar-refractivity contribution in [2.75, 3.05) is 6.61 Å². The van der Waals surface area contributed by atoms with Crippen molar-refractivity contribution in [3.8, 4) is 5.75 Å². The van der Waals surface area contributed by atoms with Gasteiger partial charge >= 0.3 is 0 Å². The van der Waals surface area contributed by atoms with E-state index < -0.39 is 0 Å². The number of rotatable bonds is 10. The molecule has 176 valence electrons. The van der Waals surface area contributed by atoms with Crippen molar-refractivity contribution in [3.63, 3.8) is 0 Å². The Kier molecular flexibility index (Phi) is 7.58. The Morgan fingerprint density at radius 1 is 1.00 bits per heavy atom. The number of nitrogens with zero attached hydrogens (tertiary/aromatic N) is 3. The molecular weight excluding hydrogens is 424 g/mol. The van der Waals surface area contributed by atoms with E-state index in [0.29, 0.717) is 18.1 Å². The van der Waals surface area contributed by atoms with E-state index in [2.05, 4.69) is 46.9 Å². The van der Waals surface area contributed by atoms with Crippen LogP contribution >= 0.6 is 0 Å². The summed E-state index contributed by atoms with van der Waals surface area (Å²) in [7, 11) is 0. The Hall–Kier alpha value is -3.67. The fourth-order valence-electron chi connectivity index (χ4n) is 4.01. The number of hydrogen-bond donors (Lipinski definition) is 1. The lowest BCUT2D eigenvalue weighted by atomic mass is 10.0. The SMILES string of the molecule is CC(C)c1ccc(OCCCCn2c(C(C)NC(=O)c3cccnc3)nc3ccccc32)cc1. The molecule has 1 amide bonds. The van der Waals surface area contributed by atoms with Gasteiger partial charge in [0, 0.05) is 18.9 Å². The van der Waals surface area contributed by atoms with Crippen LogP contribution in [-0.2, 0) is 6.54 Å².